The fourth-order valence-corrected chi connectivity index (χ4v) is 0. The van der Waals surface area contributed by atoms with E-state index >= 15 is 0 Å². The maximum atomic E-state index is 9.37. The lowest BCUT2D eigenvalue weighted by molar-refractivity contribution is -0.137. The van der Waals surface area contributed by atoms with Crippen LogP contribution in [0.1, 0.15) is 26.7 Å². The van der Waals surface area contributed by atoms with Crippen LogP contribution in [-0.4, -0.2) is 30.6 Å². The van der Waals surface area contributed by atoms with Gasteiger partial charge in [-0.15, -0.1) is 0 Å². The normalized spacial score (nSPS) is 6.73. The van der Waals surface area contributed by atoms with Crippen molar-refractivity contribution in [3.8, 4) is 0 Å². The van der Waals surface area contributed by atoms with Crippen LogP contribution in [0.4, 0.5) is 0 Å². The second kappa shape index (κ2) is 11.8. The van der Waals surface area contributed by atoms with Gasteiger partial charge in [-0.05, 0) is 0 Å². The Labute approximate surface area is 67.8 Å². The minimum absolute atomic E-state index is 0. The number of carbonyl (C=O) groups is 2. The van der Waals surface area contributed by atoms with Crippen LogP contribution >= 0.6 is 0 Å². The minimum Gasteiger partial charge on any atom is -0.481 e. The summed E-state index contributed by atoms with van der Waals surface area (Å²) in [5, 5.41) is 15.4. The molecule has 5 heteroatoms. The van der Waals surface area contributed by atoms with Gasteiger partial charge in [0, 0.05) is 21.3 Å². The van der Waals surface area contributed by atoms with Crippen molar-refractivity contribution in [1.82, 2.24) is 0 Å². The lowest BCUT2D eigenvalue weighted by atomic mass is 10.5. The van der Waals surface area contributed by atoms with E-state index < -0.39 is 11.9 Å². The van der Waals surface area contributed by atoms with Gasteiger partial charge < -0.3 is 10.2 Å². The molecule has 0 rings (SSSR count). The summed E-state index contributed by atoms with van der Waals surface area (Å²) in [7, 11) is 0. The smallest absolute Gasteiger partial charge is 0.303 e. The van der Waals surface area contributed by atoms with Gasteiger partial charge in [-0.1, -0.05) is 13.8 Å². The average molecular weight is 159 g/mol. The van der Waals surface area contributed by atoms with E-state index in [1.807, 2.05) is 0 Å². The maximum Gasteiger partial charge on any atom is 0.303 e. The molecule has 11 heavy (non-hydrogen) atoms. The first-order valence-corrected chi connectivity index (χ1v) is 2.98. The number of aliphatic carboxylic acids is 2. The predicted molar refractivity (Wildman–Crippen MR) is 41.6 cm³/mol. The molecule has 0 aliphatic rings. The zero-order valence-electron chi connectivity index (χ0n) is 6.70. The SMILES string of the molecule is CCC(=O)O.CCC(=O)O.[B]. The molecule has 0 saturated carbocycles. The monoisotopic (exact) mass is 159 g/mol. The number of carboxylic acid groups (broad SMARTS) is 2. The molecule has 0 spiro atoms. The molecule has 0 aliphatic heterocycles. The highest BCUT2D eigenvalue weighted by Crippen LogP contribution is 1.67. The topological polar surface area (TPSA) is 74.6 Å². The van der Waals surface area contributed by atoms with E-state index in [-0.39, 0.29) is 21.3 Å². The van der Waals surface area contributed by atoms with E-state index in [1.165, 1.54) is 0 Å². The molecule has 0 bridgehead atoms. The van der Waals surface area contributed by atoms with Crippen LogP contribution in [0.2, 0.25) is 0 Å². The largest absolute Gasteiger partial charge is 0.481 e. The van der Waals surface area contributed by atoms with Crippen molar-refractivity contribution in [2.75, 3.05) is 0 Å². The Kier molecular flexibility index (Phi) is 17.7. The third-order valence-electron chi connectivity index (χ3n) is 0.605. The third-order valence-corrected chi connectivity index (χ3v) is 0.605. The first-order chi connectivity index (χ1) is 4.54. The fourth-order valence-electron chi connectivity index (χ4n) is 0. The van der Waals surface area contributed by atoms with Crippen molar-refractivity contribution < 1.29 is 19.8 Å². The number of hydrogen-bond donors (Lipinski definition) is 2. The van der Waals surface area contributed by atoms with Gasteiger partial charge in [0.05, 0.1) is 0 Å². The van der Waals surface area contributed by atoms with Gasteiger partial charge in [0.15, 0.2) is 0 Å². The van der Waals surface area contributed by atoms with Crippen molar-refractivity contribution in [2.24, 2.45) is 0 Å². The first kappa shape index (κ1) is 16.5. The summed E-state index contributed by atoms with van der Waals surface area (Å²) in [6, 6.07) is 0. The summed E-state index contributed by atoms with van der Waals surface area (Å²) in [5.74, 6) is -1.49. The van der Waals surface area contributed by atoms with Gasteiger partial charge >= 0.3 is 11.9 Å². The van der Waals surface area contributed by atoms with Crippen LogP contribution < -0.4 is 0 Å². The van der Waals surface area contributed by atoms with Gasteiger partial charge in [-0.3, -0.25) is 9.59 Å². The molecule has 0 unspecified atom stereocenters. The quantitative estimate of drug-likeness (QED) is 0.577. The van der Waals surface area contributed by atoms with Crippen molar-refractivity contribution in [1.29, 1.82) is 0 Å². The molecule has 0 saturated heterocycles. The van der Waals surface area contributed by atoms with E-state index in [1.54, 1.807) is 13.8 Å². The van der Waals surface area contributed by atoms with Crippen LogP contribution in [0.15, 0.2) is 0 Å². The Morgan fingerprint density at radius 3 is 1.09 bits per heavy atom. The summed E-state index contributed by atoms with van der Waals surface area (Å²) >= 11 is 0. The van der Waals surface area contributed by atoms with Crippen LogP contribution in [0, 0.1) is 0 Å². The minimum atomic E-state index is -0.745. The first-order valence-electron chi connectivity index (χ1n) is 2.98. The molecule has 0 atom stereocenters. The molecule has 2 N–H and O–H groups in total. The van der Waals surface area contributed by atoms with Crippen molar-refractivity contribution in [3.05, 3.63) is 0 Å². The Balaban J connectivity index is -0.000000107. The standard InChI is InChI=1S/2C3H6O2.B/c2*1-2-3(4)5;/h2*2H2,1H3,(H,4,5);. The summed E-state index contributed by atoms with van der Waals surface area (Å²) in [6.07, 6.45) is 0.444. The van der Waals surface area contributed by atoms with Crippen LogP contribution in [0.3, 0.4) is 0 Å². The Morgan fingerprint density at radius 1 is 1.00 bits per heavy atom. The number of rotatable bonds is 2. The van der Waals surface area contributed by atoms with Gasteiger partial charge in [0.25, 0.3) is 0 Å². The molecule has 0 fully saturated rings. The predicted octanol–water partition coefficient (Wildman–Crippen LogP) is 0.581. The van der Waals surface area contributed by atoms with Crippen LogP contribution in [-0.2, 0) is 9.59 Å². The Morgan fingerprint density at radius 2 is 1.09 bits per heavy atom. The molecule has 63 valence electrons. The van der Waals surface area contributed by atoms with Gasteiger partial charge in [0.2, 0.25) is 0 Å². The van der Waals surface area contributed by atoms with Crippen LogP contribution in [0.25, 0.3) is 0 Å². The Hall–Kier alpha value is -0.995. The van der Waals surface area contributed by atoms with Crippen LogP contribution in [0.5, 0.6) is 0 Å². The molecule has 3 radical (unpaired) electrons. The number of hydrogen-bond acceptors (Lipinski definition) is 2. The molecule has 0 aromatic rings. The summed E-state index contributed by atoms with van der Waals surface area (Å²) in [4.78, 5) is 18.7. The summed E-state index contributed by atoms with van der Waals surface area (Å²) in [6.45, 7) is 3.20. The molecular weight excluding hydrogens is 147 g/mol. The lowest BCUT2D eigenvalue weighted by Crippen LogP contribution is -1.86. The highest BCUT2D eigenvalue weighted by Gasteiger charge is 1.81. The van der Waals surface area contributed by atoms with Crippen molar-refractivity contribution >= 4 is 20.4 Å². The molecular formula is C6H12BO4. The van der Waals surface area contributed by atoms with Gasteiger partial charge in [0.1, 0.15) is 0 Å². The van der Waals surface area contributed by atoms with E-state index in [0.29, 0.717) is 0 Å². The molecule has 0 aromatic heterocycles. The van der Waals surface area contributed by atoms with E-state index in [9.17, 15) is 9.59 Å². The summed E-state index contributed by atoms with van der Waals surface area (Å²) < 4.78 is 0. The van der Waals surface area contributed by atoms with E-state index in [4.69, 9.17) is 10.2 Å². The van der Waals surface area contributed by atoms with Gasteiger partial charge in [-0.2, -0.15) is 0 Å². The third kappa shape index (κ3) is 48.9. The Bertz CT molecular complexity index is 99.1. The highest BCUT2D eigenvalue weighted by molar-refractivity contribution is 5.75. The molecule has 0 amide bonds. The number of carboxylic acids is 2. The zero-order valence-corrected chi connectivity index (χ0v) is 6.70. The van der Waals surface area contributed by atoms with Crippen molar-refractivity contribution in [2.45, 2.75) is 26.7 Å². The highest BCUT2D eigenvalue weighted by atomic mass is 16.4. The molecule has 0 heterocycles. The lowest BCUT2D eigenvalue weighted by Gasteiger charge is -1.71. The zero-order chi connectivity index (χ0) is 8.57. The van der Waals surface area contributed by atoms with E-state index in [0.717, 1.165) is 0 Å². The molecule has 4 nitrogen and oxygen atoms in total. The van der Waals surface area contributed by atoms with E-state index in [2.05, 4.69) is 0 Å². The van der Waals surface area contributed by atoms with Crippen molar-refractivity contribution in [3.63, 3.8) is 0 Å². The maximum absolute atomic E-state index is 9.37. The second-order valence-corrected chi connectivity index (χ2v) is 1.49. The second-order valence-electron chi connectivity index (χ2n) is 1.49. The summed E-state index contributed by atoms with van der Waals surface area (Å²) in [5.41, 5.74) is 0. The molecule has 0 aliphatic carbocycles. The van der Waals surface area contributed by atoms with Gasteiger partial charge in [-0.25, -0.2) is 0 Å². The molecule has 0 aromatic carbocycles. The average Bonchev–Trinajstić information content (AvgIpc) is 1.89. The fraction of sp³-hybridized carbons (Fsp3) is 0.667.